The zero-order chi connectivity index (χ0) is 17.7. The highest BCUT2D eigenvalue weighted by Gasteiger charge is 2.38. The summed E-state index contributed by atoms with van der Waals surface area (Å²) in [5.41, 5.74) is -0.559. The van der Waals surface area contributed by atoms with Gasteiger partial charge in [-0.2, -0.15) is 0 Å². The Kier molecular flexibility index (Phi) is 5.70. The van der Waals surface area contributed by atoms with Gasteiger partial charge in [0.1, 0.15) is 18.6 Å². The van der Waals surface area contributed by atoms with E-state index in [0.29, 0.717) is 36.9 Å². The molecule has 2 rings (SSSR count). The number of unbranched alkanes of at least 4 members (excludes halogenated alkanes) is 1. The molecular formula is C18H26N2O4. The number of hydrogen-bond donors (Lipinski definition) is 1. The molecule has 1 N–H and O–H groups in total. The summed E-state index contributed by atoms with van der Waals surface area (Å²) in [6.45, 7) is 7.01. The summed E-state index contributed by atoms with van der Waals surface area (Å²) >= 11 is 0. The summed E-state index contributed by atoms with van der Waals surface area (Å²) in [6.07, 6.45) is 1.92. The fourth-order valence-corrected chi connectivity index (χ4v) is 2.48. The smallest absolute Gasteiger partial charge is 0.239 e. The number of nitrogens with zero attached hydrogens (tertiary/aromatic N) is 1. The van der Waals surface area contributed by atoms with Gasteiger partial charge in [0.05, 0.1) is 0 Å². The number of amides is 2. The summed E-state index contributed by atoms with van der Waals surface area (Å²) in [6, 6.07) is 5.22. The third-order valence-corrected chi connectivity index (χ3v) is 4.10. The van der Waals surface area contributed by atoms with Gasteiger partial charge in [-0.15, -0.1) is 0 Å². The third-order valence-electron chi connectivity index (χ3n) is 4.10. The predicted molar refractivity (Wildman–Crippen MR) is 92.4 cm³/mol. The first-order chi connectivity index (χ1) is 11.4. The SMILES string of the molecule is CCCCN(C)C(=O)C(C)(C)C(=O)Nc1ccc2c(c1)OCCO2. The molecule has 0 fully saturated rings. The van der Waals surface area contributed by atoms with Crippen molar-refractivity contribution in [3.63, 3.8) is 0 Å². The van der Waals surface area contributed by atoms with Crippen LogP contribution in [0.4, 0.5) is 5.69 Å². The number of fused-ring (bicyclic) bond motifs is 1. The van der Waals surface area contributed by atoms with Gasteiger partial charge in [0.25, 0.3) is 0 Å². The van der Waals surface area contributed by atoms with Gasteiger partial charge in [0.15, 0.2) is 11.5 Å². The second-order valence-corrected chi connectivity index (χ2v) is 6.52. The summed E-state index contributed by atoms with van der Waals surface area (Å²) in [4.78, 5) is 26.8. The lowest BCUT2D eigenvalue weighted by molar-refractivity contribution is -0.145. The molecule has 0 atom stereocenters. The van der Waals surface area contributed by atoms with Gasteiger partial charge in [-0.05, 0) is 32.4 Å². The van der Waals surface area contributed by atoms with Crippen LogP contribution >= 0.6 is 0 Å². The van der Waals surface area contributed by atoms with Crippen molar-refractivity contribution in [2.45, 2.75) is 33.6 Å². The van der Waals surface area contributed by atoms with Crippen molar-refractivity contribution in [3.05, 3.63) is 18.2 Å². The second kappa shape index (κ2) is 7.55. The van der Waals surface area contributed by atoms with Crippen LogP contribution in [-0.4, -0.2) is 43.5 Å². The lowest BCUT2D eigenvalue weighted by Crippen LogP contribution is -2.46. The number of nitrogens with one attached hydrogen (secondary N) is 1. The molecule has 0 aliphatic carbocycles. The lowest BCUT2D eigenvalue weighted by atomic mass is 9.90. The molecule has 0 spiro atoms. The molecule has 0 unspecified atom stereocenters. The van der Waals surface area contributed by atoms with Crippen LogP contribution in [-0.2, 0) is 9.59 Å². The molecular weight excluding hydrogens is 308 g/mol. The van der Waals surface area contributed by atoms with Gasteiger partial charge >= 0.3 is 0 Å². The maximum atomic E-state index is 12.6. The van der Waals surface area contributed by atoms with E-state index in [1.807, 2.05) is 0 Å². The van der Waals surface area contributed by atoms with Crippen LogP contribution in [0.3, 0.4) is 0 Å². The van der Waals surface area contributed by atoms with Gasteiger partial charge in [-0.25, -0.2) is 0 Å². The van der Waals surface area contributed by atoms with E-state index < -0.39 is 5.41 Å². The average molecular weight is 334 g/mol. The number of ether oxygens (including phenoxy) is 2. The van der Waals surface area contributed by atoms with E-state index in [0.717, 1.165) is 12.8 Å². The number of carbonyl (C=O) groups is 2. The molecule has 1 aliphatic heterocycles. The quantitative estimate of drug-likeness (QED) is 0.812. The fraction of sp³-hybridized carbons (Fsp3) is 0.556. The minimum atomic E-state index is -1.14. The maximum absolute atomic E-state index is 12.6. The minimum Gasteiger partial charge on any atom is -0.486 e. The van der Waals surface area contributed by atoms with E-state index in [4.69, 9.17) is 9.47 Å². The Hall–Kier alpha value is -2.24. The first-order valence-electron chi connectivity index (χ1n) is 8.33. The molecule has 1 aromatic rings. The number of hydrogen-bond acceptors (Lipinski definition) is 4. The summed E-state index contributed by atoms with van der Waals surface area (Å²) in [5.74, 6) is 0.732. The fourth-order valence-electron chi connectivity index (χ4n) is 2.48. The maximum Gasteiger partial charge on any atom is 0.239 e. The normalized spacial score (nSPS) is 13.3. The number of benzene rings is 1. The highest BCUT2D eigenvalue weighted by atomic mass is 16.6. The molecule has 1 aromatic carbocycles. The Labute approximate surface area is 143 Å². The standard InChI is InChI=1S/C18H26N2O4/c1-5-6-9-20(4)17(22)18(2,3)16(21)19-13-7-8-14-15(12-13)24-11-10-23-14/h7-8,12H,5-6,9-11H2,1-4H3,(H,19,21). The Balaban J connectivity index is 2.06. The molecule has 24 heavy (non-hydrogen) atoms. The monoisotopic (exact) mass is 334 g/mol. The molecule has 132 valence electrons. The van der Waals surface area contributed by atoms with Crippen LogP contribution < -0.4 is 14.8 Å². The van der Waals surface area contributed by atoms with Crippen molar-refractivity contribution in [2.24, 2.45) is 5.41 Å². The molecule has 0 saturated carbocycles. The van der Waals surface area contributed by atoms with Crippen molar-refractivity contribution in [3.8, 4) is 11.5 Å². The predicted octanol–water partition coefficient (Wildman–Crippen LogP) is 2.68. The number of anilines is 1. The van der Waals surface area contributed by atoms with Crippen molar-refractivity contribution >= 4 is 17.5 Å². The van der Waals surface area contributed by atoms with Gasteiger partial charge in [-0.1, -0.05) is 13.3 Å². The van der Waals surface area contributed by atoms with E-state index in [2.05, 4.69) is 12.2 Å². The van der Waals surface area contributed by atoms with Crippen LogP contribution in [0.15, 0.2) is 18.2 Å². The van der Waals surface area contributed by atoms with Gasteiger partial charge in [0, 0.05) is 25.3 Å². The lowest BCUT2D eigenvalue weighted by Gasteiger charge is -2.28. The van der Waals surface area contributed by atoms with Crippen molar-refractivity contribution in [2.75, 3.05) is 32.1 Å². The van der Waals surface area contributed by atoms with Crippen LogP contribution in [0, 0.1) is 5.41 Å². The highest BCUT2D eigenvalue weighted by molar-refractivity contribution is 6.09. The van der Waals surface area contributed by atoms with Gasteiger partial charge in [0.2, 0.25) is 11.8 Å². The molecule has 1 aliphatic rings. The topological polar surface area (TPSA) is 67.9 Å². The van der Waals surface area contributed by atoms with E-state index in [-0.39, 0.29) is 11.8 Å². The van der Waals surface area contributed by atoms with Crippen molar-refractivity contribution in [1.82, 2.24) is 4.90 Å². The van der Waals surface area contributed by atoms with E-state index in [1.165, 1.54) is 0 Å². The highest BCUT2D eigenvalue weighted by Crippen LogP contribution is 2.33. The van der Waals surface area contributed by atoms with Crippen LogP contribution in [0.5, 0.6) is 11.5 Å². The van der Waals surface area contributed by atoms with Crippen molar-refractivity contribution in [1.29, 1.82) is 0 Å². The Bertz CT molecular complexity index is 613. The average Bonchev–Trinajstić information content (AvgIpc) is 2.58. The van der Waals surface area contributed by atoms with Crippen LogP contribution in [0.25, 0.3) is 0 Å². The zero-order valence-corrected chi connectivity index (χ0v) is 14.8. The molecule has 1 heterocycles. The van der Waals surface area contributed by atoms with E-state index >= 15 is 0 Å². The van der Waals surface area contributed by atoms with Crippen LogP contribution in [0.2, 0.25) is 0 Å². The largest absolute Gasteiger partial charge is 0.486 e. The molecule has 6 nitrogen and oxygen atoms in total. The first kappa shape index (κ1) is 18.1. The first-order valence-corrected chi connectivity index (χ1v) is 8.33. The molecule has 6 heteroatoms. The van der Waals surface area contributed by atoms with Crippen LogP contribution in [0.1, 0.15) is 33.6 Å². The minimum absolute atomic E-state index is 0.189. The Morgan fingerprint density at radius 1 is 1.21 bits per heavy atom. The molecule has 0 saturated heterocycles. The van der Waals surface area contributed by atoms with Gasteiger partial charge < -0.3 is 19.7 Å². The molecule has 0 aromatic heterocycles. The van der Waals surface area contributed by atoms with Gasteiger partial charge in [-0.3, -0.25) is 9.59 Å². The molecule has 2 amide bonds. The Morgan fingerprint density at radius 3 is 2.54 bits per heavy atom. The molecule has 0 radical (unpaired) electrons. The number of carbonyl (C=O) groups excluding carboxylic acids is 2. The summed E-state index contributed by atoms with van der Waals surface area (Å²) < 4.78 is 11.0. The summed E-state index contributed by atoms with van der Waals surface area (Å²) in [7, 11) is 1.73. The number of rotatable bonds is 6. The van der Waals surface area contributed by atoms with E-state index in [1.54, 1.807) is 44.0 Å². The molecule has 0 bridgehead atoms. The third kappa shape index (κ3) is 3.99. The zero-order valence-electron chi connectivity index (χ0n) is 14.8. The summed E-state index contributed by atoms with van der Waals surface area (Å²) in [5, 5.41) is 2.80. The second-order valence-electron chi connectivity index (χ2n) is 6.52. The Morgan fingerprint density at radius 2 is 1.88 bits per heavy atom. The van der Waals surface area contributed by atoms with Crippen molar-refractivity contribution < 1.29 is 19.1 Å². The van der Waals surface area contributed by atoms with E-state index in [9.17, 15) is 9.59 Å².